The third-order valence-corrected chi connectivity index (χ3v) is 7.57. The summed E-state index contributed by atoms with van der Waals surface area (Å²) in [5.74, 6) is 0.832. The number of halogens is 2. The van der Waals surface area contributed by atoms with Gasteiger partial charge in [0, 0.05) is 48.3 Å². The lowest BCUT2D eigenvalue weighted by Gasteiger charge is -2.38. The summed E-state index contributed by atoms with van der Waals surface area (Å²) in [5.41, 5.74) is 8.62. The van der Waals surface area contributed by atoms with Crippen LogP contribution in [0.1, 0.15) is 55.2 Å². The second kappa shape index (κ2) is 9.15. The summed E-state index contributed by atoms with van der Waals surface area (Å²) >= 11 is 7.73. The van der Waals surface area contributed by atoms with E-state index in [0.717, 1.165) is 17.3 Å². The van der Waals surface area contributed by atoms with Crippen molar-refractivity contribution in [3.05, 3.63) is 52.2 Å². The van der Waals surface area contributed by atoms with E-state index in [1.165, 1.54) is 17.7 Å². The smallest absolute Gasteiger partial charge is 0.230 e. The molecule has 172 valence electrons. The Morgan fingerprint density at radius 2 is 2.03 bits per heavy atom. The van der Waals surface area contributed by atoms with Gasteiger partial charge in [0.1, 0.15) is 18.0 Å². The van der Waals surface area contributed by atoms with Crippen LogP contribution in [0, 0.1) is 5.82 Å². The van der Waals surface area contributed by atoms with Crippen LogP contribution < -0.4 is 10.6 Å². The van der Waals surface area contributed by atoms with Gasteiger partial charge >= 0.3 is 0 Å². The number of thioether (sulfide) groups is 1. The van der Waals surface area contributed by atoms with Crippen LogP contribution >= 0.6 is 23.4 Å². The van der Waals surface area contributed by atoms with Crippen molar-refractivity contribution >= 4 is 35.1 Å². The number of rotatable bonds is 5. The van der Waals surface area contributed by atoms with Crippen molar-refractivity contribution in [1.82, 2.24) is 14.9 Å². The van der Waals surface area contributed by atoms with Crippen molar-refractivity contribution in [2.75, 3.05) is 31.1 Å². The van der Waals surface area contributed by atoms with Gasteiger partial charge in [0.25, 0.3) is 0 Å². The number of anilines is 1. The van der Waals surface area contributed by atoms with Gasteiger partial charge in [-0.05, 0) is 44.9 Å². The first-order chi connectivity index (χ1) is 15.1. The summed E-state index contributed by atoms with van der Waals surface area (Å²) < 4.78 is 14.1. The second-order valence-electron chi connectivity index (χ2n) is 9.24. The maximum absolute atomic E-state index is 14.1. The minimum Gasteiger partial charge on any atom is -0.353 e. The Hall–Kier alpha value is -1.90. The topological polar surface area (TPSA) is 75.4 Å². The Bertz CT molecular complexity index is 1010. The summed E-state index contributed by atoms with van der Waals surface area (Å²) in [4.78, 5) is 26.6. The molecule has 0 bridgehead atoms. The van der Waals surface area contributed by atoms with Crippen LogP contribution in [0.15, 0.2) is 24.5 Å². The molecular weight excluding hydrogens is 449 g/mol. The number of carbonyl (C=O) groups excluding carboxylic acids is 1. The molecule has 0 radical (unpaired) electrons. The van der Waals surface area contributed by atoms with Gasteiger partial charge in [-0.25, -0.2) is 14.4 Å². The number of fused-ring (bicyclic) bond motifs is 1. The number of hydrogen-bond acceptors (Lipinski definition) is 6. The number of aromatic nitrogens is 2. The van der Waals surface area contributed by atoms with E-state index in [1.807, 2.05) is 30.5 Å². The molecule has 0 saturated carbocycles. The van der Waals surface area contributed by atoms with Crippen LogP contribution in [0.2, 0.25) is 5.02 Å². The lowest BCUT2D eigenvalue weighted by molar-refractivity contribution is -0.133. The van der Waals surface area contributed by atoms with Crippen molar-refractivity contribution in [2.24, 2.45) is 5.73 Å². The molecule has 2 aromatic rings. The number of amides is 1. The van der Waals surface area contributed by atoms with Crippen LogP contribution in [-0.2, 0) is 10.5 Å². The van der Waals surface area contributed by atoms with Crippen molar-refractivity contribution in [3.8, 4) is 0 Å². The van der Waals surface area contributed by atoms with E-state index in [1.54, 1.807) is 12.4 Å². The van der Waals surface area contributed by atoms with E-state index in [9.17, 15) is 9.18 Å². The zero-order valence-electron chi connectivity index (χ0n) is 18.6. The molecule has 1 aromatic carbocycles. The molecule has 6 nitrogen and oxygen atoms in total. The third kappa shape index (κ3) is 4.87. The molecule has 1 aromatic heterocycles. The molecule has 2 aliphatic heterocycles. The fourth-order valence-electron chi connectivity index (χ4n) is 4.45. The minimum absolute atomic E-state index is 0.0262. The van der Waals surface area contributed by atoms with Crippen LogP contribution in [0.5, 0.6) is 0 Å². The predicted molar refractivity (Wildman–Crippen MR) is 128 cm³/mol. The number of nitrogens with zero attached hydrogens (tertiary/aromatic N) is 4. The van der Waals surface area contributed by atoms with Crippen LogP contribution in [0.3, 0.4) is 0 Å². The van der Waals surface area contributed by atoms with Gasteiger partial charge in [0.2, 0.25) is 5.91 Å². The highest BCUT2D eigenvalue weighted by molar-refractivity contribution is 7.99. The lowest BCUT2D eigenvalue weighted by Crippen LogP contribution is -2.51. The zero-order chi connectivity index (χ0) is 23.0. The second-order valence-corrected chi connectivity index (χ2v) is 11.0. The third-order valence-electron chi connectivity index (χ3n) is 6.09. The normalized spacial score (nSPS) is 19.8. The van der Waals surface area contributed by atoms with Gasteiger partial charge in [-0.3, -0.25) is 4.79 Å². The Morgan fingerprint density at radius 3 is 2.69 bits per heavy atom. The van der Waals surface area contributed by atoms with E-state index < -0.39 is 17.3 Å². The molecule has 4 rings (SSSR count). The molecule has 0 spiro atoms. The Labute approximate surface area is 197 Å². The zero-order valence-corrected chi connectivity index (χ0v) is 20.2. The van der Waals surface area contributed by atoms with Crippen LogP contribution in [0.25, 0.3) is 0 Å². The van der Waals surface area contributed by atoms with Gasteiger partial charge in [-0.2, -0.15) is 0 Å². The van der Waals surface area contributed by atoms with E-state index in [0.29, 0.717) is 43.4 Å². The highest BCUT2D eigenvalue weighted by Gasteiger charge is 2.34. The SMILES string of the molecule is C[C@H]1SCc2ncnc(N3CCN(C(=O)C(CC(C)(C)N)c4ccc(Cl)c(F)c4)CC3)c21. The average Bonchev–Trinajstić information content (AvgIpc) is 3.14. The highest BCUT2D eigenvalue weighted by Crippen LogP contribution is 2.44. The number of carbonyl (C=O) groups is 1. The summed E-state index contributed by atoms with van der Waals surface area (Å²) in [6, 6.07) is 4.58. The first kappa shape index (κ1) is 23.3. The Kier molecular flexibility index (Phi) is 6.66. The maximum Gasteiger partial charge on any atom is 0.230 e. The Balaban J connectivity index is 1.51. The Morgan fingerprint density at radius 1 is 1.31 bits per heavy atom. The summed E-state index contributed by atoms with van der Waals surface area (Å²) in [6.07, 6.45) is 2.06. The minimum atomic E-state index is -0.576. The highest BCUT2D eigenvalue weighted by atomic mass is 35.5. The predicted octanol–water partition coefficient (Wildman–Crippen LogP) is 4.14. The van der Waals surface area contributed by atoms with E-state index in [2.05, 4.69) is 21.8 Å². The van der Waals surface area contributed by atoms with E-state index in [4.69, 9.17) is 17.3 Å². The van der Waals surface area contributed by atoms with Gasteiger partial charge in [-0.1, -0.05) is 17.7 Å². The monoisotopic (exact) mass is 477 g/mol. The molecule has 2 atom stereocenters. The number of nitrogens with two attached hydrogens (primary N) is 1. The molecule has 1 unspecified atom stereocenters. The van der Waals surface area contributed by atoms with Gasteiger partial charge in [0.15, 0.2) is 0 Å². The fourth-order valence-corrected chi connectivity index (χ4v) is 5.62. The quantitative estimate of drug-likeness (QED) is 0.697. The molecule has 2 N–H and O–H groups in total. The van der Waals surface area contributed by atoms with Crippen LogP contribution in [-0.4, -0.2) is 52.5 Å². The van der Waals surface area contributed by atoms with E-state index in [-0.39, 0.29) is 10.9 Å². The molecule has 3 heterocycles. The number of piperazine rings is 1. The van der Waals surface area contributed by atoms with Crippen molar-refractivity contribution in [3.63, 3.8) is 0 Å². The molecule has 1 amide bonds. The maximum atomic E-state index is 14.1. The van der Waals surface area contributed by atoms with Crippen molar-refractivity contribution < 1.29 is 9.18 Å². The molecule has 9 heteroatoms. The summed E-state index contributed by atoms with van der Waals surface area (Å²) in [5, 5.41) is 0.419. The largest absolute Gasteiger partial charge is 0.353 e. The first-order valence-electron chi connectivity index (χ1n) is 10.9. The summed E-state index contributed by atoms with van der Waals surface area (Å²) in [7, 11) is 0. The van der Waals surface area contributed by atoms with Gasteiger partial charge in [-0.15, -0.1) is 11.8 Å². The molecule has 1 fully saturated rings. The fraction of sp³-hybridized carbons (Fsp3) is 0.522. The summed E-state index contributed by atoms with van der Waals surface area (Å²) in [6.45, 7) is 8.50. The number of benzene rings is 1. The average molecular weight is 478 g/mol. The first-order valence-corrected chi connectivity index (χ1v) is 12.3. The van der Waals surface area contributed by atoms with Gasteiger partial charge < -0.3 is 15.5 Å². The van der Waals surface area contributed by atoms with Gasteiger partial charge in [0.05, 0.1) is 16.6 Å². The molecule has 1 saturated heterocycles. The van der Waals surface area contributed by atoms with Crippen molar-refractivity contribution in [2.45, 2.75) is 49.7 Å². The molecule has 32 heavy (non-hydrogen) atoms. The van der Waals surface area contributed by atoms with E-state index >= 15 is 0 Å². The lowest BCUT2D eigenvalue weighted by atomic mass is 9.85. The van der Waals surface area contributed by atoms with Crippen molar-refractivity contribution in [1.29, 1.82) is 0 Å². The van der Waals surface area contributed by atoms with Crippen LogP contribution in [0.4, 0.5) is 10.2 Å². The molecule has 0 aliphatic carbocycles. The number of hydrogen-bond donors (Lipinski definition) is 1. The molecule has 2 aliphatic rings. The standard InChI is InChI=1S/C23H29ClFN5OS/c1-14-20-19(12-32-14)27-13-28-21(20)29-6-8-30(9-7-29)22(31)16(11-23(2,3)26)15-4-5-17(24)18(25)10-15/h4-5,10,13-14,16H,6-9,11-12,26H2,1-3H3/t14-,16?/m1/s1. The molecular formula is C23H29ClFN5OS.